The molecule has 0 amide bonds. The van der Waals surface area contributed by atoms with Crippen molar-refractivity contribution in [3.63, 3.8) is 0 Å². The summed E-state index contributed by atoms with van der Waals surface area (Å²) in [4.78, 5) is 10.8. The summed E-state index contributed by atoms with van der Waals surface area (Å²) in [5.74, 6) is -0.326. The molecule has 0 heterocycles. The van der Waals surface area contributed by atoms with E-state index in [1.165, 1.54) is 13.2 Å². The van der Waals surface area contributed by atoms with Gasteiger partial charge < -0.3 is 15.4 Å². The van der Waals surface area contributed by atoms with Crippen LogP contribution >= 0.6 is 0 Å². The third-order valence-electron chi connectivity index (χ3n) is 1.49. The molecule has 0 aliphatic heterocycles. The van der Waals surface area contributed by atoms with E-state index in [9.17, 15) is 4.79 Å². The Morgan fingerprint density at radius 1 is 1.46 bits per heavy atom. The predicted molar refractivity (Wildman–Crippen MR) is 52.3 cm³/mol. The first-order chi connectivity index (χ1) is 6.20. The molecule has 0 aromatic heterocycles. The van der Waals surface area contributed by atoms with Gasteiger partial charge in [0.15, 0.2) is 0 Å². The average Bonchev–Trinajstić information content (AvgIpc) is 2.12. The number of hydrogen-bond donors (Lipinski definition) is 2. The van der Waals surface area contributed by atoms with E-state index in [-0.39, 0.29) is 5.97 Å². The van der Waals surface area contributed by atoms with E-state index in [0.29, 0.717) is 0 Å². The molecule has 13 heavy (non-hydrogen) atoms. The van der Waals surface area contributed by atoms with Gasteiger partial charge in [-0.1, -0.05) is 6.92 Å². The lowest BCUT2D eigenvalue weighted by atomic mass is 10.4. The van der Waals surface area contributed by atoms with Crippen LogP contribution < -0.4 is 10.6 Å². The minimum Gasteiger partial charge on any atom is -0.466 e. The van der Waals surface area contributed by atoms with Gasteiger partial charge in [0.25, 0.3) is 0 Å². The first kappa shape index (κ1) is 12.0. The van der Waals surface area contributed by atoms with Gasteiger partial charge >= 0.3 is 5.97 Å². The number of likely N-dealkylation sites (N-methyl/N-ethyl adjacent to an activating group) is 1. The molecule has 0 aromatic rings. The van der Waals surface area contributed by atoms with Gasteiger partial charge in [-0.05, 0) is 13.5 Å². The van der Waals surface area contributed by atoms with Crippen molar-refractivity contribution in [2.24, 2.45) is 0 Å². The average molecular weight is 186 g/mol. The Kier molecular flexibility index (Phi) is 7.01. The van der Waals surface area contributed by atoms with E-state index in [1.807, 2.05) is 6.92 Å². The van der Waals surface area contributed by atoms with Crippen LogP contribution in [-0.2, 0) is 9.53 Å². The van der Waals surface area contributed by atoms with E-state index >= 15 is 0 Å². The summed E-state index contributed by atoms with van der Waals surface area (Å²) in [6, 6.07) is 0. The molecule has 0 rings (SSSR count). The van der Waals surface area contributed by atoms with Gasteiger partial charge in [0, 0.05) is 24.9 Å². The Balaban J connectivity index is 3.55. The normalized spacial score (nSPS) is 11.2. The number of carbonyl (C=O) groups is 1. The van der Waals surface area contributed by atoms with Crippen LogP contribution in [0.3, 0.4) is 0 Å². The summed E-state index contributed by atoms with van der Waals surface area (Å²) in [5.41, 5.74) is 0.824. The van der Waals surface area contributed by atoms with E-state index in [0.717, 1.165) is 25.3 Å². The van der Waals surface area contributed by atoms with E-state index in [4.69, 9.17) is 0 Å². The van der Waals surface area contributed by atoms with Crippen LogP contribution in [0.5, 0.6) is 0 Å². The number of esters is 1. The lowest BCUT2D eigenvalue weighted by molar-refractivity contribution is -0.134. The smallest absolute Gasteiger partial charge is 0.332 e. The number of ether oxygens (including phenoxy) is 1. The maximum atomic E-state index is 10.8. The fourth-order valence-electron chi connectivity index (χ4n) is 0.812. The van der Waals surface area contributed by atoms with Gasteiger partial charge in [0.2, 0.25) is 0 Å². The number of allylic oxidation sites excluding steroid dienone is 1. The molecule has 4 nitrogen and oxygen atoms in total. The molecule has 0 saturated heterocycles. The number of nitrogens with one attached hydrogen (secondary N) is 2. The van der Waals surface area contributed by atoms with Crippen LogP contribution in [0.25, 0.3) is 0 Å². The molecule has 0 bridgehead atoms. The van der Waals surface area contributed by atoms with Gasteiger partial charge in [-0.2, -0.15) is 0 Å². The zero-order chi connectivity index (χ0) is 10.1. The van der Waals surface area contributed by atoms with E-state index in [1.54, 1.807) is 0 Å². The summed E-state index contributed by atoms with van der Waals surface area (Å²) in [6.07, 6.45) is 1.44. The van der Waals surface area contributed by atoms with Crippen molar-refractivity contribution in [2.45, 2.75) is 13.8 Å². The third-order valence-corrected chi connectivity index (χ3v) is 1.49. The van der Waals surface area contributed by atoms with Crippen molar-refractivity contribution in [3.8, 4) is 0 Å². The summed E-state index contributed by atoms with van der Waals surface area (Å²) in [5, 5.41) is 6.25. The minimum absolute atomic E-state index is 0.326. The van der Waals surface area contributed by atoms with Gasteiger partial charge in [-0.3, -0.25) is 0 Å². The Morgan fingerprint density at radius 2 is 2.15 bits per heavy atom. The maximum Gasteiger partial charge on any atom is 0.332 e. The third kappa shape index (κ3) is 7.33. The van der Waals surface area contributed by atoms with Crippen LogP contribution in [0.1, 0.15) is 13.8 Å². The summed E-state index contributed by atoms with van der Waals surface area (Å²) in [7, 11) is 1.37. The van der Waals surface area contributed by atoms with Gasteiger partial charge in [0.1, 0.15) is 0 Å². The Hall–Kier alpha value is -1.03. The van der Waals surface area contributed by atoms with Crippen LogP contribution in [0.4, 0.5) is 0 Å². The molecule has 0 aliphatic rings. The highest BCUT2D eigenvalue weighted by Crippen LogP contribution is 1.86. The SMILES string of the molecule is CCNCCN/C(C)=C\C(=O)OC. The highest BCUT2D eigenvalue weighted by Gasteiger charge is 1.94. The molecule has 0 atom stereocenters. The number of hydrogen-bond acceptors (Lipinski definition) is 4. The Labute approximate surface area is 79.3 Å². The minimum atomic E-state index is -0.326. The van der Waals surface area contributed by atoms with Crippen molar-refractivity contribution in [3.05, 3.63) is 11.8 Å². The molecule has 0 unspecified atom stereocenters. The van der Waals surface area contributed by atoms with Crippen molar-refractivity contribution in [1.29, 1.82) is 0 Å². The predicted octanol–water partition coefficient (Wildman–Crippen LogP) is 0.262. The molecule has 0 spiro atoms. The van der Waals surface area contributed by atoms with E-state index in [2.05, 4.69) is 22.3 Å². The van der Waals surface area contributed by atoms with Gasteiger partial charge in [0.05, 0.1) is 7.11 Å². The van der Waals surface area contributed by atoms with Gasteiger partial charge in [-0.15, -0.1) is 0 Å². The van der Waals surface area contributed by atoms with Crippen molar-refractivity contribution in [2.75, 3.05) is 26.7 Å². The van der Waals surface area contributed by atoms with Gasteiger partial charge in [-0.25, -0.2) is 4.79 Å². The molecule has 0 aliphatic carbocycles. The summed E-state index contributed by atoms with van der Waals surface area (Å²) in [6.45, 7) is 6.55. The van der Waals surface area contributed by atoms with Crippen LogP contribution in [0.2, 0.25) is 0 Å². The van der Waals surface area contributed by atoms with Crippen molar-refractivity contribution < 1.29 is 9.53 Å². The largest absolute Gasteiger partial charge is 0.466 e. The molecule has 76 valence electrons. The molecule has 2 N–H and O–H groups in total. The maximum absolute atomic E-state index is 10.8. The van der Waals surface area contributed by atoms with Crippen molar-refractivity contribution >= 4 is 5.97 Å². The highest BCUT2D eigenvalue weighted by atomic mass is 16.5. The fraction of sp³-hybridized carbons (Fsp3) is 0.667. The first-order valence-electron chi connectivity index (χ1n) is 4.41. The van der Waals surface area contributed by atoms with Crippen LogP contribution in [0, 0.1) is 0 Å². The summed E-state index contributed by atoms with van der Waals surface area (Å²) < 4.78 is 4.48. The lowest BCUT2D eigenvalue weighted by Gasteiger charge is -2.05. The molecule has 4 heteroatoms. The topological polar surface area (TPSA) is 50.4 Å². The van der Waals surface area contributed by atoms with Crippen molar-refractivity contribution in [1.82, 2.24) is 10.6 Å². The molecular weight excluding hydrogens is 168 g/mol. The molecule has 0 aromatic carbocycles. The van der Waals surface area contributed by atoms with Crippen LogP contribution in [-0.4, -0.2) is 32.7 Å². The second-order valence-electron chi connectivity index (χ2n) is 2.63. The lowest BCUT2D eigenvalue weighted by Crippen LogP contribution is -2.26. The van der Waals surface area contributed by atoms with Crippen LogP contribution in [0.15, 0.2) is 11.8 Å². The number of rotatable bonds is 6. The zero-order valence-corrected chi connectivity index (χ0v) is 8.52. The second-order valence-corrected chi connectivity index (χ2v) is 2.63. The first-order valence-corrected chi connectivity index (χ1v) is 4.41. The monoisotopic (exact) mass is 186 g/mol. The molecule has 0 saturated carbocycles. The Morgan fingerprint density at radius 3 is 2.69 bits per heavy atom. The highest BCUT2D eigenvalue weighted by molar-refractivity contribution is 5.82. The quantitative estimate of drug-likeness (QED) is 0.355. The molecular formula is C9H18N2O2. The molecule has 0 radical (unpaired) electrons. The fourth-order valence-corrected chi connectivity index (χ4v) is 0.812. The number of methoxy groups -OCH3 is 1. The standard InChI is InChI=1S/C9H18N2O2/c1-4-10-5-6-11-8(2)7-9(12)13-3/h7,10-11H,4-6H2,1-3H3/b8-7-. The second kappa shape index (κ2) is 7.61. The zero-order valence-electron chi connectivity index (χ0n) is 8.52. The number of carbonyl (C=O) groups excluding carboxylic acids is 1. The molecule has 0 fully saturated rings. The Bertz CT molecular complexity index is 178. The summed E-state index contributed by atoms with van der Waals surface area (Å²) >= 11 is 0. The van der Waals surface area contributed by atoms with E-state index < -0.39 is 0 Å².